The van der Waals surface area contributed by atoms with Crippen LogP contribution in [-0.2, 0) is 4.79 Å². The number of rotatable bonds is 5. The van der Waals surface area contributed by atoms with Crippen LogP contribution in [-0.4, -0.2) is 33.8 Å². The van der Waals surface area contributed by atoms with Crippen molar-refractivity contribution in [3.05, 3.63) is 11.1 Å². The molecular formula is C14H21N3O2S. The van der Waals surface area contributed by atoms with E-state index in [0.717, 1.165) is 12.8 Å². The number of amides is 2. The van der Waals surface area contributed by atoms with Crippen molar-refractivity contribution < 1.29 is 9.59 Å². The average Bonchev–Trinajstić information content (AvgIpc) is 3.08. The van der Waals surface area contributed by atoms with Gasteiger partial charge in [0.05, 0.1) is 0 Å². The molecule has 20 heavy (non-hydrogen) atoms. The van der Waals surface area contributed by atoms with Crippen molar-refractivity contribution in [2.75, 3.05) is 5.32 Å². The fraction of sp³-hybridized carbons (Fsp3) is 0.643. The maximum absolute atomic E-state index is 12.6. The number of hydrogen-bond donors (Lipinski definition) is 1. The molecule has 6 heteroatoms. The van der Waals surface area contributed by atoms with Crippen LogP contribution >= 0.6 is 11.3 Å². The Balaban J connectivity index is 2.15. The topological polar surface area (TPSA) is 62.3 Å². The minimum Gasteiger partial charge on any atom is -0.331 e. The maximum atomic E-state index is 12.6. The predicted molar refractivity (Wildman–Crippen MR) is 79.9 cm³/mol. The van der Waals surface area contributed by atoms with Gasteiger partial charge in [0.2, 0.25) is 5.91 Å². The van der Waals surface area contributed by atoms with Crippen LogP contribution in [0.15, 0.2) is 5.38 Å². The molecule has 1 atom stereocenters. The number of anilines is 1. The van der Waals surface area contributed by atoms with Crippen molar-refractivity contribution in [1.29, 1.82) is 0 Å². The fourth-order valence-electron chi connectivity index (χ4n) is 2.07. The maximum Gasteiger partial charge on any atom is 0.273 e. The lowest BCUT2D eigenvalue weighted by atomic mass is 10.0. The van der Waals surface area contributed by atoms with Gasteiger partial charge in [0.1, 0.15) is 5.69 Å². The first-order chi connectivity index (χ1) is 9.40. The van der Waals surface area contributed by atoms with Crippen LogP contribution in [0.1, 0.15) is 51.0 Å². The first kappa shape index (κ1) is 15.0. The van der Waals surface area contributed by atoms with Crippen molar-refractivity contribution in [3.63, 3.8) is 0 Å². The van der Waals surface area contributed by atoms with E-state index in [-0.39, 0.29) is 17.9 Å². The van der Waals surface area contributed by atoms with E-state index in [0.29, 0.717) is 22.8 Å². The van der Waals surface area contributed by atoms with Gasteiger partial charge in [0, 0.05) is 24.4 Å². The Kier molecular flexibility index (Phi) is 4.42. The molecule has 1 heterocycles. The van der Waals surface area contributed by atoms with Gasteiger partial charge in [-0.3, -0.25) is 9.59 Å². The number of hydrogen-bond acceptors (Lipinski definition) is 4. The Labute approximate surface area is 123 Å². The van der Waals surface area contributed by atoms with Crippen LogP contribution in [0.5, 0.6) is 0 Å². The third kappa shape index (κ3) is 3.36. The van der Waals surface area contributed by atoms with E-state index in [1.807, 2.05) is 4.90 Å². The second-order valence-corrected chi connectivity index (χ2v) is 6.51. The van der Waals surface area contributed by atoms with Crippen LogP contribution in [0, 0.1) is 5.92 Å². The van der Waals surface area contributed by atoms with E-state index in [9.17, 15) is 9.59 Å². The summed E-state index contributed by atoms with van der Waals surface area (Å²) < 4.78 is 0. The number of aromatic nitrogens is 1. The van der Waals surface area contributed by atoms with Crippen molar-refractivity contribution in [1.82, 2.24) is 9.88 Å². The lowest BCUT2D eigenvalue weighted by Crippen LogP contribution is -2.43. The molecule has 0 aromatic carbocycles. The van der Waals surface area contributed by atoms with Gasteiger partial charge in [0.15, 0.2) is 5.13 Å². The summed E-state index contributed by atoms with van der Waals surface area (Å²) in [5, 5.41) is 4.81. The summed E-state index contributed by atoms with van der Waals surface area (Å²) in [7, 11) is 0. The highest BCUT2D eigenvalue weighted by Gasteiger charge is 2.37. The second kappa shape index (κ2) is 5.91. The Morgan fingerprint density at radius 2 is 2.05 bits per heavy atom. The zero-order chi connectivity index (χ0) is 14.9. The standard InChI is InChI=1S/C14H21N3O2S/c1-8(2)9(3)17(11-5-6-11)13(19)12-7-20-14(16-12)15-10(4)18/h7-9,11H,5-6H2,1-4H3,(H,15,16,18). The Bertz CT molecular complexity index is 508. The van der Waals surface area contributed by atoms with Crippen LogP contribution in [0.3, 0.4) is 0 Å². The van der Waals surface area contributed by atoms with E-state index in [4.69, 9.17) is 0 Å². The molecule has 1 aliphatic carbocycles. The van der Waals surface area contributed by atoms with Crippen LogP contribution < -0.4 is 5.32 Å². The summed E-state index contributed by atoms with van der Waals surface area (Å²) in [5.41, 5.74) is 0.429. The van der Waals surface area contributed by atoms with Gasteiger partial charge in [-0.25, -0.2) is 4.98 Å². The Morgan fingerprint density at radius 3 is 2.55 bits per heavy atom. The minimum atomic E-state index is -0.173. The second-order valence-electron chi connectivity index (χ2n) is 5.65. The van der Waals surface area contributed by atoms with Crippen molar-refractivity contribution >= 4 is 28.3 Å². The highest BCUT2D eigenvalue weighted by Crippen LogP contribution is 2.32. The molecule has 0 saturated heterocycles. The summed E-state index contributed by atoms with van der Waals surface area (Å²) >= 11 is 1.29. The number of thiazole rings is 1. The third-order valence-corrected chi connectivity index (χ3v) is 4.34. The smallest absolute Gasteiger partial charge is 0.273 e. The average molecular weight is 295 g/mol. The molecule has 0 radical (unpaired) electrons. The van der Waals surface area contributed by atoms with Gasteiger partial charge >= 0.3 is 0 Å². The van der Waals surface area contributed by atoms with Crippen LogP contribution in [0.2, 0.25) is 0 Å². The summed E-state index contributed by atoms with van der Waals surface area (Å²) in [6.45, 7) is 7.76. The van der Waals surface area contributed by atoms with Gasteiger partial charge in [0.25, 0.3) is 5.91 Å². The SMILES string of the molecule is CC(=O)Nc1nc(C(=O)N(C2CC2)C(C)C(C)C)cs1. The Morgan fingerprint density at radius 1 is 1.40 bits per heavy atom. The van der Waals surface area contributed by atoms with Crippen LogP contribution in [0.25, 0.3) is 0 Å². The monoisotopic (exact) mass is 295 g/mol. The Hall–Kier alpha value is -1.43. The van der Waals surface area contributed by atoms with E-state index in [2.05, 4.69) is 31.1 Å². The van der Waals surface area contributed by atoms with Gasteiger partial charge in [-0.15, -0.1) is 11.3 Å². The van der Waals surface area contributed by atoms with Gasteiger partial charge < -0.3 is 10.2 Å². The van der Waals surface area contributed by atoms with E-state index >= 15 is 0 Å². The molecule has 1 unspecified atom stereocenters. The molecule has 2 amide bonds. The first-order valence-corrected chi connectivity index (χ1v) is 7.84. The highest BCUT2D eigenvalue weighted by molar-refractivity contribution is 7.14. The summed E-state index contributed by atoms with van der Waals surface area (Å²) in [6, 6.07) is 0.548. The van der Waals surface area contributed by atoms with Gasteiger partial charge in [-0.1, -0.05) is 13.8 Å². The molecule has 1 N–H and O–H groups in total. The van der Waals surface area contributed by atoms with Crippen LogP contribution in [0.4, 0.5) is 5.13 Å². The zero-order valence-corrected chi connectivity index (χ0v) is 13.2. The molecule has 0 spiro atoms. The van der Waals surface area contributed by atoms with E-state index in [1.54, 1.807) is 5.38 Å². The first-order valence-electron chi connectivity index (χ1n) is 6.96. The van der Waals surface area contributed by atoms with E-state index < -0.39 is 0 Å². The predicted octanol–water partition coefficient (Wildman–Crippen LogP) is 2.75. The molecular weight excluding hydrogens is 274 g/mol. The van der Waals surface area contributed by atoms with E-state index in [1.165, 1.54) is 18.3 Å². The van der Waals surface area contributed by atoms with Crippen molar-refractivity contribution in [2.24, 2.45) is 5.92 Å². The fourth-order valence-corrected chi connectivity index (χ4v) is 2.80. The minimum absolute atomic E-state index is 0.0263. The van der Waals surface area contributed by atoms with Gasteiger partial charge in [-0.05, 0) is 25.7 Å². The summed E-state index contributed by atoms with van der Waals surface area (Å²) in [5.74, 6) is 0.211. The molecule has 1 aromatic heterocycles. The number of carbonyl (C=O) groups excluding carboxylic acids is 2. The molecule has 110 valence electrons. The lowest BCUT2D eigenvalue weighted by Gasteiger charge is -2.31. The largest absolute Gasteiger partial charge is 0.331 e. The molecule has 1 aromatic rings. The highest BCUT2D eigenvalue weighted by atomic mass is 32.1. The molecule has 0 aliphatic heterocycles. The molecule has 5 nitrogen and oxygen atoms in total. The third-order valence-electron chi connectivity index (χ3n) is 3.58. The van der Waals surface area contributed by atoms with Crippen molar-refractivity contribution in [2.45, 2.75) is 52.6 Å². The van der Waals surface area contributed by atoms with Crippen molar-refractivity contribution in [3.8, 4) is 0 Å². The summed E-state index contributed by atoms with van der Waals surface area (Å²) in [6.07, 6.45) is 2.15. The lowest BCUT2D eigenvalue weighted by molar-refractivity contribution is -0.114. The molecule has 1 aliphatic rings. The number of carbonyl (C=O) groups is 2. The van der Waals surface area contributed by atoms with Gasteiger partial charge in [-0.2, -0.15) is 0 Å². The number of nitrogens with one attached hydrogen (secondary N) is 1. The normalized spacial score (nSPS) is 16.1. The molecule has 2 rings (SSSR count). The quantitative estimate of drug-likeness (QED) is 0.908. The molecule has 0 bridgehead atoms. The molecule has 1 fully saturated rings. The number of nitrogens with zero attached hydrogens (tertiary/aromatic N) is 2. The molecule has 1 saturated carbocycles. The summed E-state index contributed by atoms with van der Waals surface area (Å²) in [4.78, 5) is 29.8. The zero-order valence-electron chi connectivity index (χ0n) is 12.3.